The van der Waals surface area contributed by atoms with Crippen molar-refractivity contribution >= 4 is 11.6 Å². The Hall–Kier alpha value is -1.39. The molecule has 0 bridgehead atoms. The van der Waals surface area contributed by atoms with Gasteiger partial charge in [-0.3, -0.25) is 0 Å². The molecule has 1 N–H and O–H groups in total. The van der Waals surface area contributed by atoms with Crippen molar-refractivity contribution in [1.82, 2.24) is 14.5 Å². The molecule has 0 spiro atoms. The van der Waals surface area contributed by atoms with Gasteiger partial charge in [0.25, 0.3) is 0 Å². The van der Waals surface area contributed by atoms with E-state index in [-0.39, 0.29) is 0 Å². The van der Waals surface area contributed by atoms with Crippen LogP contribution < -0.4 is 0 Å². The molecule has 2 rings (SSSR count). The number of imidazole rings is 1. The minimum Gasteiger partial charge on any atom is -0.382 e. The number of nitrogens with zero attached hydrogens (tertiary/aromatic N) is 3. The molecular weight excluding hydrogens is 214 g/mol. The Labute approximate surface area is 92.2 Å². The zero-order valence-electron chi connectivity index (χ0n) is 8.13. The summed E-state index contributed by atoms with van der Waals surface area (Å²) >= 11 is 5.66. The highest BCUT2D eigenvalue weighted by molar-refractivity contribution is 6.29. The Balaban J connectivity index is 2.32. The standard InChI is InChI=1S/C10H10ClN3O/c1-14-6-12-5-8(14)10(15)7-2-3-9(11)13-4-7/h2-6,10,15H,1H3. The maximum absolute atomic E-state index is 10.0. The van der Waals surface area contributed by atoms with Crippen LogP contribution in [0.25, 0.3) is 0 Å². The summed E-state index contributed by atoms with van der Waals surface area (Å²) in [5.41, 5.74) is 1.42. The molecule has 0 aliphatic carbocycles. The molecule has 4 nitrogen and oxygen atoms in total. The first kappa shape index (κ1) is 10.1. The summed E-state index contributed by atoms with van der Waals surface area (Å²) in [6, 6.07) is 3.39. The monoisotopic (exact) mass is 223 g/mol. The van der Waals surface area contributed by atoms with Crippen LogP contribution in [0.4, 0.5) is 0 Å². The van der Waals surface area contributed by atoms with Crippen LogP contribution in [-0.2, 0) is 7.05 Å². The first-order valence-electron chi connectivity index (χ1n) is 4.44. The number of aliphatic hydroxyl groups excluding tert-OH is 1. The van der Waals surface area contributed by atoms with Gasteiger partial charge in [-0.05, 0) is 6.07 Å². The van der Waals surface area contributed by atoms with Gasteiger partial charge in [-0.15, -0.1) is 0 Å². The van der Waals surface area contributed by atoms with Crippen molar-refractivity contribution in [3.05, 3.63) is 47.3 Å². The fourth-order valence-electron chi connectivity index (χ4n) is 1.35. The molecule has 0 radical (unpaired) electrons. The maximum Gasteiger partial charge on any atom is 0.129 e. The van der Waals surface area contributed by atoms with Crippen molar-refractivity contribution in [3.63, 3.8) is 0 Å². The van der Waals surface area contributed by atoms with Gasteiger partial charge in [-0.1, -0.05) is 17.7 Å². The van der Waals surface area contributed by atoms with Gasteiger partial charge in [-0.25, -0.2) is 9.97 Å². The number of aliphatic hydroxyl groups is 1. The molecule has 5 heteroatoms. The average molecular weight is 224 g/mol. The van der Waals surface area contributed by atoms with E-state index >= 15 is 0 Å². The molecule has 0 amide bonds. The molecule has 78 valence electrons. The van der Waals surface area contributed by atoms with Crippen LogP contribution in [0, 0.1) is 0 Å². The van der Waals surface area contributed by atoms with E-state index < -0.39 is 6.10 Å². The van der Waals surface area contributed by atoms with E-state index in [1.54, 1.807) is 35.4 Å². The van der Waals surface area contributed by atoms with Gasteiger partial charge in [-0.2, -0.15) is 0 Å². The van der Waals surface area contributed by atoms with Gasteiger partial charge in [0.15, 0.2) is 0 Å². The summed E-state index contributed by atoms with van der Waals surface area (Å²) in [4.78, 5) is 7.86. The lowest BCUT2D eigenvalue weighted by molar-refractivity contribution is 0.211. The highest BCUT2D eigenvalue weighted by Gasteiger charge is 2.13. The zero-order valence-corrected chi connectivity index (χ0v) is 8.89. The summed E-state index contributed by atoms with van der Waals surface area (Å²) < 4.78 is 1.76. The minimum absolute atomic E-state index is 0.413. The lowest BCUT2D eigenvalue weighted by Gasteiger charge is -2.10. The molecule has 2 aromatic heterocycles. The number of halogens is 1. The largest absolute Gasteiger partial charge is 0.382 e. The van der Waals surface area contributed by atoms with E-state index in [0.29, 0.717) is 10.7 Å². The van der Waals surface area contributed by atoms with Crippen LogP contribution in [-0.4, -0.2) is 19.6 Å². The van der Waals surface area contributed by atoms with Crippen LogP contribution in [0.2, 0.25) is 5.15 Å². The van der Waals surface area contributed by atoms with Gasteiger partial charge in [0.1, 0.15) is 11.3 Å². The fraction of sp³-hybridized carbons (Fsp3) is 0.200. The average Bonchev–Trinajstić information content (AvgIpc) is 2.65. The molecule has 1 unspecified atom stereocenters. The SMILES string of the molecule is Cn1cncc1C(O)c1ccc(Cl)nc1. The highest BCUT2D eigenvalue weighted by Crippen LogP contribution is 2.20. The van der Waals surface area contributed by atoms with Gasteiger partial charge in [0.05, 0.1) is 18.2 Å². The van der Waals surface area contributed by atoms with E-state index in [1.165, 1.54) is 0 Å². The van der Waals surface area contributed by atoms with Gasteiger partial charge < -0.3 is 9.67 Å². The summed E-state index contributed by atoms with van der Waals surface area (Å²) in [5, 5.41) is 10.4. The Morgan fingerprint density at radius 1 is 1.40 bits per heavy atom. The highest BCUT2D eigenvalue weighted by atomic mass is 35.5. The van der Waals surface area contributed by atoms with Crippen molar-refractivity contribution in [3.8, 4) is 0 Å². The Morgan fingerprint density at radius 2 is 2.20 bits per heavy atom. The van der Waals surface area contributed by atoms with Crippen LogP contribution in [0.15, 0.2) is 30.9 Å². The molecule has 2 aromatic rings. The van der Waals surface area contributed by atoms with Gasteiger partial charge in [0, 0.05) is 18.8 Å². The molecular formula is C10H10ClN3O. The number of aromatic nitrogens is 3. The Bertz CT molecular complexity index is 452. The molecule has 0 saturated carbocycles. The summed E-state index contributed by atoms with van der Waals surface area (Å²) in [6.07, 6.45) is 4.10. The second-order valence-corrected chi connectivity index (χ2v) is 3.63. The normalized spacial score (nSPS) is 12.7. The lowest BCUT2D eigenvalue weighted by Crippen LogP contribution is -2.05. The van der Waals surface area contributed by atoms with E-state index in [2.05, 4.69) is 9.97 Å². The molecule has 15 heavy (non-hydrogen) atoms. The zero-order chi connectivity index (χ0) is 10.8. The molecule has 1 atom stereocenters. The van der Waals surface area contributed by atoms with Crippen molar-refractivity contribution in [2.24, 2.45) is 7.05 Å². The van der Waals surface area contributed by atoms with Crippen LogP contribution in [0.3, 0.4) is 0 Å². The number of hydrogen-bond acceptors (Lipinski definition) is 3. The van der Waals surface area contributed by atoms with Crippen molar-refractivity contribution in [1.29, 1.82) is 0 Å². The molecule has 0 aliphatic heterocycles. The Morgan fingerprint density at radius 3 is 2.73 bits per heavy atom. The van der Waals surface area contributed by atoms with E-state index in [4.69, 9.17) is 11.6 Å². The van der Waals surface area contributed by atoms with Crippen molar-refractivity contribution < 1.29 is 5.11 Å². The molecule has 0 aliphatic rings. The second-order valence-electron chi connectivity index (χ2n) is 3.25. The maximum atomic E-state index is 10.0. The third-order valence-electron chi connectivity index (χ3n) is 2.20. The molecule has 0 aromatic carbocycles. The summed E-state index contributed by atoms with van der Waals surface area (Å²) in [5.74, 6) is 0. The topological polar surface area (TPSA) is 50.9 Å². The third-order valence-corrected chi connectivity index (χ3v) is 2.42. The fourth-order valence-corrected chi connectivity index (χ4v) is 1.46. The first-order chi connectivity index (χ1) is 7.18. The third kappa shape index (κ3) is 2.00. The lowest BCUT2D eigenvalue weighted by atomic mass is 10.1. The van der Waals surface area contributed by atoms with E-state index in [9.17, 15) is 5.11 Å². The van der Waals surface area contributed by atoms with Crippen molar-refractivity contribution in [2.75, 3.05) is 0 Å². The number of hydrogen-bond donors (Lipinski definition) is 1. The Kier molecular flexibility index (Phi) is 2.70. The van der Waals surface area contributed by atoms with Gasteiger partial charge in [0.2, 0.25) is 0 Å². The molecule has 2 heterocycles. The van der Waals surface area contributed by atoms with Gasteiger partial charge >= 0.3 is 0 Å². The van der Waals surface area contributed by atoms with Crippen LogP contribution in [0.1, 0.15) is 17.4 Å². The minimum atomic E-state index is -0.720. The molecule has 0 saturated heterocycles. The number of pyridine rings is 1. The van der Waals surface area contributed by atoms with E-state index in [1.807, 2.05) is 7.05 Å². The quantitative estimate of drug-likeness (QED) is 0.786. The van der Waals surface area contributed by atoms with E-state index in [0.717, 1.165) is 5.69 Å². The summed E-state index contributed by atoms with van der Waals surface area (Å²) in [7, 11) is 1.83. The van der Waals surface area contributed by atoms with Crippen molar-refractivity contribution in [2.45, 2.75) is 6.10 Å². The number of aryl methyl sites for hydroxylation is 1. The number of rotatable bonds is 2. The van der Waals surface area contributed by atoms with Crippen LogP contribution >= 0.6 is 11.6 Å². The molecule has 0 fully saturated rings. The first-order valence-corrected chi connectivity index (χ1v) is 4.82. The van der Waals surface area contributed by atoms with Crippen LogP contribution in [0.5, 0.6) is 0 Å². The predicted octanol–water partition coefficient (Wildman–Crippen LogP) is 1.55. The second kappa shape index (κ2) is 4.00. The summed E-state index contributed by atoms with van der Waals surface area (Å²) in [6.45, 7) is 0. The smallest absolute Gasteiger partial charge is 0.129 e. The predicted molar refractivity (Wildman–Crippen MR) is 56.5 cm³/mol.